The maximum Gasteiger partial charge on any atom is 0.270 e. The first-order valence-corrected chi connectivity index (χ1v) is 13.0. The molecule has 0 unspecified atom stereocenters. The fourth-order valence-corrected chi connectivity index (χ4v) is 5.06. The van der Waals surface area contributed by atoms with Crippen molar-refractivity contribution in [2.45, 2.75) is 58.1 Å². The van der Waals surface area contributed by atoms with Crippen LogP contribution in [0.1, 0.15) is 45.1 Å². The van der Waals surface area contributed by atoms with Crippen LogP contribution in [0.25, 0.3) is 0 Å². The average Bonchev–Trinajstić information content (AvgIpc) is 2.87. The molecule has 1 aromatic carbocycles. The van der Waals surface area contributed by atoms with Gasteiger partial charge in [-0.1, -0.05) is 17.7 Å². The Kier molecular flexibility index (Phi) is 10.2. The molecule has 2 aliphatic rings. The quantitative estimate of drug-likeness (QED) is 0.285. The highest BCUT2D eigenvalue weighted by molar-refractivity contribution is 6.32. The van der Waals surface area contributed by atoms with Gasteiger partial charge in [-0.25, -0.2) is 0 Å². The van der Waals surface area contributed by atoms with Crippen LogP contribution in [0.15, 0.2) is 34.5 Å². The molecule has 194 valence electrons. The van der Waals surface area contributed by atoms with E-state index in [9.17, 15) is 9.90 Å². The van der Waals surface area contributed by atoms with Crippen LogP contribution in [0.5, 0.6) is 5.75 Å². The Balaban J connectivity index is 1.59. The third kappa shape index (κ3) is 7.35. The first-order valence-electron chi connectivity index (χ1n) is 12.6. The van der Waals surface area contributed by atoms with E-state index in [1.165, 1.54) is 0 Å². The number of aliphatic hydroxyl groups excluding tert-OH is 1. The van der Waals surface area contributed by atoms with Crippen molar-refractivity contribution in [1.82, 2.24) is 15.1 Å². The molecule has 1 amide bonds. The van der Waals surface area contributed by atoms with E-state index >= 15 is 0 Å². The summed E-state index contributed by atoms with van der Waals surface area (Å²) in [6, 6.07) is 6.19. The number of amidine groups is 1. The summed E-state index contributed by atoms with van der Waals surface area (Å²) in [6.07, 6.45) is 4.10. The summed E-state index contributed by atoms with van der Waals surface area (Å²) in [5.74, 6) is 1.18. The number of benzene rings is 1. The van der Waals surface area contributed by atoms with Crippen molar-refractivity contribution in [2.24, 2.45) is 10.7 Å². The number of nitrogens with one attached hydrogen (secondary N) is 1. The van der Waals surface area contributed by atoms with Crippen LogP contribution in [-0.4, -0.2) is 85.2 Å². The van der Waals surface area contributed by atoms with Gasteiger partial charge in [-0.05, 0) is 63.6 Å². The topological polar surface area (TPSA) is 103 Å². The van der Waals surface area contributed by atoms with Crippen LogP contribution < -0.4 is 15.8 Å². The summed E-state index contributed by atoms with van der Waals surface area (Å²) in [7, 11) is 1.59. The number of nitrogens with zero attached hydrogens (tertiary/aromatic N) is 3. The van der Waals surface area contributed by atoms with Gasteiger partial charge in [0.05, 0.1) is 18.2 Å². The Bertz CT molecular complexity index is 920. The zero-order valence-corrected chi connectivity index (χ0v) is 22.0. The first kappa shape index (κ1) is 27.3. The number of carbonyl (C=O) groups excluding carboxylic acids is 1. The van der Waals surface area contributed by atoms with Gasteiger partial charge in [0.2, 0.25) is 0 Å². The first-order chi connectivity index (χ1) is 16.8. The Morgan fingerprint density at radius 1 is 1.23 bits per heavy atom. The Hall–Kier alpha value is -2.29. The summed E-state index contributed by atoms with van der Waals surface area (Å²) in [6.45, 7) is 8.34. The van der Waals surface area contributed by atoms with Crippen molar-refractivity contribution < 1.29 is 14.6 Å². The number of aliphatic hydroxyl groups is 1. The van der Waals surface area contributed by atoms with E-state index in [1.54, 1.807) is 7.11 Å². The number of likely N-dealkylation sites (tertiary alicyclic amines) is 2. The molecule has 3 rings (SSSR count). The van der Waals surface area contributed by atoms with Gasteiger partial charge in [-0.2, -0.15) is 0 Å². The van der Waals surface area contributed by atoms with Crippen LogP contribution in [0, 0.1) is 0 Å². The number of nitrogens with two attached hydrogens (primary N) is 1. The number of hydrogen-bond donors (Lipinski definition) is 3. The number of methoxy groups -OCH3 is 1. The molecule has 4 N–H and O–H groups in total. The molecule has 8 nitrogen and oxygen atoms in total. The van der Waals surface area contributed by atoms with Gasteiger partial charge in [-0.3, -0.25) is 9.79 Å². The normalized spacial score (nSPS) is 19.5. The number of likely N-dealkylation sites (N-methyl/N-ethyl adjacent to an activating group) is 1. The van der Waals surface area contributed by atoms with Crippen molar-refractivity contribution in [3.63, 3.8) is 0 Å². The lowest BCUT2D eigenvalue weighted by Crippen LogP contribution is -2.50. The lowest BCUT2D eigenvalue weighted by molar-refractivity contribution is -0.128. The highest BCUT2D eigenvalue weighted by Crippen LogP contribution is 2.25. The zero-order valence-electron chi connectivity index (χ0n) is 21.2. The van der Waals surface area contributed by atoms with E-state index < -0.39 is 0 Å². The summed E-state index contributed by atoms with van der Waals surface area (Å²) in [5.41, 5.74) is 8.33. The van der Waals surface area contributed by atoms with Gasteiger partial charge in [0.25, 0.3) is 5.91 Å². The van der Waals surface area contributed by atoms with E-state index in [2.05, 4.69) is 10.2 Å². The second-order valence-corrected chi connectivity index (χ2v) is 9.72. The monoisotopic (exact) mass is 505 g/mol. The number of hydrogen-bond acceptors (Lipinski definition) is 6. The van der Waals surface area contributed by atoms with Gasteiger partial charge < -0.3 is 30.7 Å². The zero-order chi connectivity index (χ0) is 25.4. The molecule has 0 bridgehead atoms. The minimum absolute atomic E-state index is 0.123. The van der Waals surface area contributed by atoms with Gasteiger partial charge in [-0.15, -0.1) is 0 Å². The number of piperidine rings is 2. The highest BCUT2D eigenvalue weighted by atomic mass is 35.5. The number of carbonyl (C=O) groups is 1. The molecule has 0 aliphatic carbocycles. The van der Waals surface area contributed by atoms with E-state index in [0.29, 0.717) is 60.8 Å². The average molecular weight is 506 g/mol. The van der Waals surface area contributed by atoms with E-state index in [4.69, 9.17) is 27.1 Å². The van der Waals surface area contributed by atoms with Crippen LogP contribution in [-0.2, 0) is 11.2 Å². The molecule has 2 fully saturated rings. The highest BCUT2D eigenvalue weighted by Gasteiger charge is 2.30. The molecule has 0 radical (unpaired) electrons. The fourth-order valence-electron chi connectivity index (χ4n) is 4.78. The van der Waals surface area contributed by atoms with Crippen molar-refractivity contribution >= 4 is 23.3 Å². The van der Waals surface area contributed by atoms with E-state index in [1.807, 2.05) is 36.9 Å². The Labute approximate surface area is 214 Å². The summed E-state index contributed by atoms with van der Waals surface area (Å²) >= 11 is 6.23. The third-order valence-electron chi connectivity index (χ3n) is 6.99. The summed E-state index contributed by atoms with van der Waals surface area (Å²) in [4.78, 5) is 22.2. The molecule has 35 heavy (non-hydrogen) atoms. The Morgan fingerprint density at radius 3 is 2.51 bits per heavy atom. The maximum atomic E-state index is 13.2. The van der Waals surface area contributed by atoms with E-state index in [-0.39, 0.29) is 17.7 Å². The fraction of sp³-hybridized carbons (Fsp3) is 0.615. The molecule has 2 heterocycles. The number of ether oxygens (including phenoxy) is 1. The summed E-state index contributed by atoms with van der Waals surface area (Å²) in [5, 5.41) is 13.6. The van der Waals surface area contributed by atoms with Crippen LogP contribution in [0.4, 0.5) is 0 Å². The van der Waals surface area contributed by atoms with Crippen LogP contribution >= 0.6 is 11.6 Å². The van der Waals surface area contributed by atoms with Gasteiger partial charge >= 0.3 is 0 Å². The van der Waals surface area contributed by atoms with Crippen LogP contribution in [0.3, 0.4) is 0 Å². The second-order valence-electron chi connectivity index (χ2n) is 9.31. The van der Waals surface area contributed by atoms with E-state index in [0.717, 1.165) is 44.3 Å². The predicted octanol–water partition coefficient (Wildman–Crippen LogP) is 2.58. The molecular formula is C26H40ClN5O3. The molecule has 0 saturated carbocycles. The van der Waals surface area contributed by atoms with Gasteiger partial charge in [0.1, 0.15) is 17.3 Å². The smallest absolute Gasteiger partial charge is 0.270 e. The molecule has 9 heteroatoms. The lowest BCUT2D eigenvalue weighted by atomic mass is 9.98. The molecule has 0 aromatic heterocycles. The minimum Gasteiger partial charge on any atom is -0.495 e. The molecule has 2 saturated heterocycles. The number of rotatable bonds is 8. The van der Waals surface area contributed by atoms with Crippen molar-refractivity contribution in [1.29, 1.82) is 0 Å². The van der Waals surface area contributed by atoms with Crippen molar-refractivity contribution in [2.75, 3.05) is 46.4 Å². The molecule has 0 atom stereocenters. The SMILES string of the molecule is CCNC(=NCCc1ccc(OC)c(Cl)c1)/C(C)=C(\N)C(=O)N1CCC(N2CCC(O)CC2)CC1. The largest absolute Gasteiger partial charge is 0.495 e. The molecular weight excluding hydrogens is 466 g/mol. The van der Waals surface area contributed by atoms with Crippen molar-refractivity contribution in [3.8, 4) is 5.75 Å². The molecule has 1 aromatic rings. The predicted molar refractivity (Wildman–Crippen MR) is 141 cm³/mol. The van der Waals surface area contributed by atoms with Crippen LogP contribution in [0.2, 0.25) is 5.02 Å². The van der Waals surface area contributed by atoms with Gasteiger partial charge in [0.15, 0.2) is 0 Å². The molecule has 2 aliphatic heterocycles. The lowest BCUT2D eigenvalue weighted by Gasteiger charge is -2.41. The minimum atomic E-state index is -0.164. The number of amides is 1. The maximum absolute atomic E-state index is 13.2. The van der Waals surface area contributed by atoms with Crippen molar-refractivity contribution in [3.05, 3.63) is 40.1 Å². The Morgan fingerprint density at radius 2 is 1.91 bits per heavy atom. The summed E-state index contributed by atoms with van der Waals surface area (Å²) < 4.78 is 5.21. The third-order valence-corrected chi connectivity index (χ3v) is 7.28. The van der Waals surface area contributed by atoms with Gasteiger partial charge in [0, 0.05) is 50.9 Å². The number of halogens is 1. The standard InChI is InChI=1S/C26H40ClN5O3/c1-4-29-25(30-12-7-19-5-6-23(35-3)22(27)17-19)18(2)24(28)26(34)32-13-8-20(9-14-32)31-15-10-21(33)11-16-31/h5-6,17,20-21,33H,4,7-16,28H2,1-3H3,(H,29,30)/b24-18-. The number of aliphatic imine (C=N–C) groups is 1. The second kappa shape index (κ2) is 13.1. The molecule has 0 spiro atoms.